The van der Waals surface area contributed by atoms with Gasteiger partial charge in [0.2, 0.25) is 0 Å². The van der Waals surface area contributed by atoms with Crippen LogP contribution in [0, 0.1) is 0 Å². The lowest BCUT2D eigenvalue weighted by atomic mass is 10.1. The SMILES string of the molecule is CCCCCCCCCOc1c(Br)cc(CCl)cc1Br. The summed E-state index contributed by atoms with van der Waals surface area (Å²) in [4.78, 5) is 0. The number of alkyl halides is 1. The molecule has 0 saturated heterocycles. The van der Waals surface area contributed by atoms with E-state index in [2.05, 4.69) is 38.8 Å². The van der Waals surface area contributed by atoms with Gasteiger partial charge in [-0.3, -0.25) is 0 Å². The van der Waals surface area contributed by atoms with Crippen molar-refractivity contribution in [2.45, 2.75) is 57.7 Å². The van der Waals surface area contributed by atoms with E-state index in [0.717, 1.165) is 33.3 Å². The van der Waals surface area contributed by atoms with Crippen LogP contribution in [-0.4, -0.2) is 6.61 Å². The zero-order valence-corrected chi connectivity index (χ0v) is 16.0. The molecule has 20 heavy (non-hydrogen) atoms. The molecule has 0 radical (unpaired) electrons. The zero-order valence-electron chi connectivity index (χ0n) is 12.1. The van der Waals surface area contributed by atoms with E-state index in [1.165, 1.54) is 38.5 Å². The Morgan fingerprint density at radius 3 is 2.05 bits per heavy atom. The lowest BCUT2D eigenvalue weighted by Crippen LogP contribution is -1.99. The van der Waals surface area contributed by atoms with Crippen LogP contribution in [0.4, 0.5) is 0 Å². The molecule has 0 unspecified atom stereocenters. The fourth-order valence-corrected chi connectivity index (χ4v) is 3.73. The number of benzene rings is 1. The Morgan fingerprint density at radius 2 is 1.50 bits per heavy atom. The van der Waals surface area contributed by atoms with E-state index < -0.39 is 0 Å². The minimum atomic E-state index is 0.509. The molecule has 1 aromatic carbocycles. The van der Waals surface area contributed by atoms with Crippen molar-refractivity contribution in [3.63, 3.8) is 0 Å². The molecule has 0 aliphatic rings. The van der Waals surface area contributed by atoms with Gasteiger partial charge in [0.25, 0.3) is 0 Å². The molecule has 114 valence electrons. The molecule has 0 aliphatic carbocycles. The molecule has 0 saturated carbocycles. The van der Waals surface area contributed by atoms with Crippen molar-refractivity contribution in [3.8, 4) is 5.75 Å². The number of ether oxygens (including phenoxy) is 1. The smallest absolute Gasteiger partial charge is 0.147 e. The highest BCUT2D eigenvalue weighted by Gasteiger charge is 2.08. The maximum Gasteiger partial charge on any atom is 0.147 e. The highest BCUT2D eigenvalue weighted by molar-refractivity contribution is 9.11. The van der Waals surface area contributed by atoms with Crippen molar-refractivity contribution in [2.24, 2.45) is 0 Å². The summed E-state index contributed by atoms with van der Waals surface area (Å²) in [6.45, 7) is 3.02. The van der Waals surface area contributed by atoms with Gasteiger partial charge in [-0.1, -0.05) is 45.4 Å². The lowest BCUT2D eigenvalue weighted by Gasteiger charge is -2.11. The summed E-state index contributed by atoms with van der Waals surface area (Å²) in [5, 5.41) is 0. The van der Waals surface area contributed by atoms with Crippen molar-refractivity contribution in [2.75, 3.05) is 6.61 Å². The van der Waals surface area contributed by atoms with Crippen LogP contribution < -0.4 is 4.74 Å². The van der Waals surface area contributed by atoms with Crippen molar-refractivity contribution in [1.29, 1.82) is 0 Å². The van der Waals surface area contributed by atoms with Crippen LogP contribution in [-0.2, 0) is 5.88 Å². The van der Waals surface area contributed by atoms with Gasteiger partial charge in [-0.25, -0.2) is 0 Å². The van der Waals surface area contributed by atoms with Crippen LogP contribution in [0.1, 0.15) is 57.4 Å². The first-order chi connectivity index (χ1) is 9.69. The maximum atomic E-state index is 5.86. The van der Waals surface area contributed by atoms with Crippen molar-refractivity contribution in [1.82, 2.24) is 0 Å². The molecule has 0 amide bonds. The molecule has 0 N–H and O–H groups in total. The topological polar surface area (TPSA) is 9.23 Å². The molecule has 0 aromatic heterocycles. The standard InChI is InChI=1S/C16H23Br2ClO/c1-2-3-4-5-6-7-8-9-20-16-14(17)10-13(12-19)11-15(16)18/h10-11H,2-9,12H2,1H3. The number of hydrogen-bond donors (Lipinski definition) is 0. The first kappa shape index (κ1) is 18.3. The molecule has 0 fully saturated rings. The van der Waals surface area contributed by atoms with Gasteiger partial charge in [-0.05, 0) is 56.0 Å². The first-order valence-corrected chi connectivity index (χ1v) is 9.47. The fourth-order valence-electron chi connectivity index (χ4n) is 2.06. The van der Waals surface area contributed by atoms with E-state index in [1.54, 1.807) is 0 Å². The number of rotatable bonds is 10. The molecule has 0 spiro atoms. The van der Waals surface area contributed by atoms with Gasteiger partial charge in [0, 0.05) is 5.88 Å². The van der Waals surface area contributed by atoms with Crippen LogP contribution in [0.25, 0.3) is 0 Å². The third-order valence-electron chi connectivity index (χ3n) is 3.21. The minimum Gasteiger partial charge on any atom is -0.491 e. The third kappa shape index (κ3) is 6.82. The lowest BCUT2D eigenvalue weighted by molar-refractivity contribution is 0.300. The molecular weight excluding hydrogens is 403 g/mol. The highest BCUT2D eigenvalue weighted by atomic mass is 79.9. The zero-order chi connectivity index (χ0) is 14.8. The second-order valence-corrected chi connectivity index (χ2v) is 6.97. The molecule has 0 bridgehead atoms. The van der Waals surface area contributed by atoms with Gasteiger partial charge in [-0.15, -0.1) is 11.6 Å². The Kier molecular flexibility index (Phi) is 10.0. The van der Waals surface area contributed by atoms with E-state index in [9.17, 15) is 0 Å². The summed E-state index contributed by atoms with van der Waals surface area (Å²) in [6.07, 6.45) is 9.07. The summed E-state index contributed by atoms with van der Waals surface area (Å²) in [5.74, 6) is 1.39. The Labute approximate surface area is 144 Å². The summed E-state index contributed by atoms with van der Waals surface area (Å²) in [5.41, 5.74) is 1.08. The van der Waals surface area contributed by atoms with Gasteiger partial charge in [0.1, 0.15) is 5.75 Å². The molecular formula is C16H23Br2ClO. The first-order valence-electron chi connectivity index (χ1n) is 7.35. The van der Waals surface area contributed by atoms with E-state index in [-0.39, 0.29) is 0 Å². The van der Waals surface area contributed by atoms with Crippen LogP contribution in [0.3, 0.4) is 0 Å². The Morgan fingerprint density at radius 1 is 0.950 bits per heavy atom. The van der Waals surface area contributed by atoms with Gasteiger partial charge >= 0.3 is 0 Å². The number of halogens is 3. The van der Waals surface area contributed by atoms with Crippen LogP contribution in [0.5, 0.6) is 5.75 Å². The van der Waals surface area contributed by atoms with Crippen molar-refractivity contribution >= 4 is 43.5 Å². The Bertz CT molecular complexity index is 373. The predicted molar refractivity (Wildman–Crippen MR) is 94.9 cm³/mol. The molecule has 0 atom stereocenters. The van der Waals surface area contributed by atoms with Gasteiger partial charge in [0.05, 0.1) is 15.6 Å². The third-order valence-corrected chi connectivity index (χ3v) is 4.69. The normalized spacial score (nSPS) is 10.8. The number of hydrogen-bond acceptors (Lipinski definition) is 1. The van der Waals surface area contributed by atoms with Gasteiger partial charge in [-0.2, -0.15) is 0 Å². The minimum absolute atomic E-state index is 0.509. The van der Waals surface area contributed by atoms with Crippen LogP contribution in [0.2, 0.25) is 0 Å². The van der Waals surface area contributed by atoms with E-state index in [4.69, 9.17) is 16.3 Å². The highest BCUT2D eigenvalue weighted by Crippen LogP contribution is 2.35. The molecule has 0 aliphatic heterocycles. The second-order valence-electron chi connectivity index (χ2n) is 4.99. The maximum absolute atomic E-state index is 5.86. The Hall–Kier alpha value is 0.270. The average Bonchev–Trinajstić information content (AvgIpc) is 2.43. The van der Waals surface area contributed by atoms with Crippen molar-refractivity contribution in [3.05, 3.63) is 26.6 Å². The summed E-state index contributed by atoms with van der Waals surface area (Å²) < 4.78 is 7.78. The monoisotopic (exact) mass is 424 g/mol. The second kappa shape index (κ2) is 10.9. The predicted octanol–water partition coefficient (Wildman–Crippen LogP) is 7.08. The van der Waals surface area contributed by atoms with Gasteiger partial charge in [0.15, 0.2) is 0 Å². The number of unbranched alkanes of at least 4 members (excludes halogenated alkanes) is 6. The van der Waals surface area contributed by atoms with Crippen LogP contribution >= 0.6 is 43.5 Å². The Balaban J connectivity index is 2.25. The summed E-state index contributed by atoms with van der Waals surface area (Å²) in [6, 6.07) is 4.02. The molecule has 0 heterocycles. The molecule has 4 heteroatoms. The molecule has 1 rings (SSSR count). The summed E-state index contributed by atoms with van der Waals surface area (Å²) in [7, 11) is 0. The molecule has 1 nitrogen and oxygen atoms in total. The quantitative estimate of drug-likeness (QED) is 0.287. The van der Waals surface area contributed by atoms with E-state index in [0.29, 0.717) is 5.88 Å². The van der Waals surface area contributed by atoms with Crippen molar-refractivity contribution < 1.29 is 4.74 Å². The average molecular weight is 427 g/mol. The molecule has 1 aromatic rings. The van der Waals surface area contributed by atoms with E-state index >= 15 is 0 Å². The fraction of sp³-hybridized carbons (Fsp3) is 0.625. The summed E-state index contributed by atoms with van der Waals surface area (Å²) >= 11 is 12.9. The largest absolute Gasteiger partial charge is 0.491 e. The van der Waals surface area contributed by atoms with Gasteiger partial charge < -0.3 is 4.74 Å². The van der Waals surface area contributed by atoms with Crippen LogP contribution in [0.15, 0.2) is 21.1 Å². The van der Waals surface area contributed by atoms with E-state index in [1.807, 2.05) is 12.1 Å².